The number of rotatable bonds is 1. The smallest absolute Gasteiger partial charge is 0.324 e. The second-order valence-corrected chi connectivity index (χ2v) is 5.41. The molecule has 0 saturated carbocycles. The van der Waals surface area contributed by atoms with E-state index in [0.29, 0.717) is 31.5 Å². The molecule has 1 aromatic heterocycles. The van der Waals surface area contributed by atoms with Crippen LogP contribution in [0.3, 0.4) is 0 Å². The number of nitrogens with one attached hydrogen (secondary N) is 1. The van der Waals surface area contributed by atoms with Gasteiger partial charge in [-0.05, 0) is 25.0 Å². The molecule has 2 aliphatic heterocycles. The Morgan fingerprint density at radius 1 is 1.33 bits per heavy atom. The molecule has 0 bridgehead atoms. The van der Waals surface area contributed by atoms with Gasteiger partial charge in [0.1, 0.15) is 5.54 Å². The molecule has 7 nitrogen and oxygen atoms in total. The second-order valence-electron chi connectivity index (χ2n) is 5.41. The van der Waals surface area contributed by atoms with Crippen LogP contribution in [0.5, 0.6) is 0 Å². The van der Waals surface area contributed by atoms with Crippen LogP contribution in [0.2, 0.25) is 0 Å². The predicted octanol–water partition coefficient (Wildman–Crippen LogP) is 0.238. The standard InChI is InChI=1S/C14H16N4O3/c1-17-12(20)14(16-13(17)21)4-7-18(8-5-14)11(19)10-3-2-6-15-9-10/h2-3,6,9H,4-5,7-8H2,1H3,(H,16,21). The summed E-state index contributed by atoms with van der Waals surface area (Å²) in [5.41, 5.74) is -0.301. The number of carbonyl (C=O) groups excluding carboxylic acids is 3. The van der Waals surface area contributed by atoms with E-state index in [-0.39, 0.29) is 17.8 Å². The lowest BCUT2D eigenvalue weighted by Crippen LogP contribution is -2.55. The number of piperidine rings is 1. The first-order valence-electron chi connectivity index (χ1n) is 6.83. The molecule has 0 radical (unpaired) electrons. The number of aromatic nitrogens is 1. The van der Waals surface area contributed by atoms with Crippen molar-refractivity contribution in [3.8, 4) is 0 Å². The molecule has 0 aliphatic carbocycles. The molecule has 1 spiro atoms. The van der Waals surface area contributed by atoms with Gasteiger partial charge in [-0.1, -0.05) is 0 Å². The average molecular weight is 288 g/mol. The summed E-state index contributed by atoms with van der Waals surface area (Å²) in [5.74, 6) is -0.302. The number of likely N-dealkylation sites (N-methyl/N-ethyl adjacent to an activating group) is 1. The van der Waals surface area contributed by atoms with Crippen molar-refractivity contribution >= 4 is 17.8 Å². The van der Waals surface area contributed by atoms with Crippen LogP contribution < -0.4 is 5.32 Å². The van der Waals surface area contributed by atoms with E-state index >= 15 is 0 Å². The Morgan fingerprint density at radius 2 is 2.05 bits per heavy atom. The highest BCUT2D eigenvalue weighted by molar-refractivity contribution is 6.07. The number of imide groups is 1. The molecule has 1 N–H and O–H groups in total. The first-order chi connectivity index (χ1) is 10.0. The highest BCUT2D eigenvalue weighted by atomic mass is 16.2. The van der Waals surface area contributed by atoms with Gasteiger partial charge in [-0.2, -0.15) is 0 Å². The number of carbonyl (C=O) groups is 3. The Bertz CT molecular complexity index is 593. The molecule has 0 unspecified atom stereocenters. The molecular weight excluding hydrogens is 272 g/mol. The molecule has 4 amide bonds. The lowest BCUT2D eigenvalue weighted by molar-refractivity contribution is -0.131. The predicted molar refractivity (Wildman–Crippen MR) is 73.4 cm³/mol. The molecule has 110 valence electrons. The van der Waals surface area contributed by atoms with Crippen molar-refractivity contribution in [2.75, 3.05) is 20.1 Å². The average Bonchev–Trinajstić information content (AvgIpc) is 2.73. The summed E-state index contributed by atoms with van der Waals surface area (Å²) in [4.78, 5) is 42.8. The van der Waals surface area contributed by atoms with Gasteiger partial charge in [0.15, 0.2) is 0 Å². The maximum atomic E-state index is 12.3. The van der Waals surface area contributed by atoms with Crippen LogP contribution in [-0.4, -0.2) is 58.3 Å². The van der Waals surface area contributed by atoms with Gasteiger partial charge in [-0.3, -0.25) is 19.5 Å². The normalized spacial score (nSPS) is 20.8. The largest absolute Gasteiger partial charge is 0.338 e. The van der Waals surface area contributed by atoms with E-state index < -0.39 is 5.54 Å². The zero-order chi connectivity index (χ0) is 15.0. The molecule has 0 aromatic carbocycles. The number of nitrogens with zero attached hydrogens (tertiary/aromatic N) is 3. The van der Waals surface area contributed by atoms with Crippen molar-refractivity contribution in [2.24, 2.45) is 0 Å². The lowest BCUT2D eigenvalue weighted by Gasteiger charge is -2.37. The summed E-state index contributed by atoms with van der Waals surface area (Å²) < 4.78 is 0. The van der Waals surface area contributed by atoms with Gasteiger partial charge in [0.2, 0.25) is 0 Å². The summed E-state index contributed by atoms with van der Waals surface area (Å²) in [6.45, 7) is 0.876. The van der Waals surface area contributed by atoms with Gasteiger partial charge in [-0.15, -0.1) is 0 Å². The van der Waals surface area contributed by atoms with E-state index in [1.807, 2.05) is 0 Å². The summed E-state index contributed by atoms with van der Waals surface area (Å²) in [6, 6.07) is 3.07. The Balaban J connectivity index is 1.70. The van der Waals surface area contributed by atoms with E-state index in [1.54, 1.807) is 23.2 Å². The van der Waals surface area contributed by atoms with Crippen molar-refractivity contribution in [3.05, 3.63) is 30.1 Å². The van der Waals surface area contributed by atoms with Crippen molar-refractivity contribution in [3.63, 3.8) is 0 Å². The third-order valence-corrected chi connectivity index (χ3v) is 4.18. The fourth-order valence-corrected chi connectivity index (χ4v) is 2.86. The maximum Gasteiger partial charge on any atom is 0.324 e. The first-order valence-corrected chi connectivity index (χ1v) is 6.83. The second kappa shape index (κ2) is 4.83. The van der Waals surface area contributed by atoms with Crippen LogP contribution in [0.25, 0.3) is 0 Å². The minimum Gasteiger partial charge on any atom is -0.338 e. The fraction of sp³-hybridized carbons (Fsp3) is 0.429. The Labute approximate surface area is 121 Å². The van der Waals surface area contributed by atoms with Crippen molar-refractivity contribution in [1.29, 1.82) is 0 Å². The monoisotopic (exact) mass is 288 g/mol. The lowest BCUT2D eigenvalue weighted by atomic mass is 9.87. The molecule has 2 saturated heterocycles. The summed E-state index contributed by atoms with van der Waals surface area (Å²) in [6.07, 6.45) is 4.02. The molecule has 3 rings (SSSR count). The van der Waals surface area contributed by atoms with Gasteiger partial charge in [0.05, 0.1) is 5.56 Å². The molecule has 21 heavy (non-hydrogen) atoms. The highest BCUT2D eigenvalue weighted by Crippen LogP contribution is 2.29. The van der Waals surface area contributed by atoms with Crippen LogP contribution >= 0.6 is 0 Å². The fourth-order valence-electron chi connectivity index (χ4n) is 2.86. The molecule has 3 heterocycles. The van der Waals surface area contributed by atoms with Gasteiger partial charge in [0.25, 0.3) is 11.8 Å². The van der Waals surface area contributed by atoms with Crippen molar-refractivity contribution in [1.82, 2.24) is 20.1 Å². The molecule has 1 aromatic rings. The number of likely N-dealkylation sites (tertiary alicyclic amines) is 1. The van der Waals surface area contributed by atoms with Gasteiger partial charge >= 0.3 is 6.03 Å². The van der Waals surface area contributed by atoms with E-state index in [9.17, 15) is 14.4 Å². The Kier molecular flexibility index (Phi) is 3.12. The van der Waals surface area contributed by atoms with Crippen molar-refractivity contribution < 1.29 is 14.4 Å². The number of pyridine rings is 1. The Morgan fingerprint density at radius 3 is 2.57 bits per heavy atom. The van der Waals surface area contributed by atoms with E-state index in [1.165, 1.54) is 13.2 Å². The molecule has 7 heteroatoms. The van der Waals surface area contributed by atoms with Crippen LogP contribution in [0.15, 0.2) is 24.5 Å². The minimum atomic E-state index is -0.836. The summed E-state index contributed by atoms with van der Waals surface area (Å²) in [5, 5.41) is 2.76. The summed E-state index contributed by atoms with van der Waals surface area (Å²) >= 11 is 0. The molecular formula is C14H16N4O3. The minimum absolute atomic E-state index is 0.0944. The van der Waals surface area contributed by atoms with Crippen LogP contribution in [-0.2, 0) is 4.79 Å². The number of hydrogen-bond donors (Lipinski definition) is 1. The quantitative estimate of drug-likeness (QED) is 0.750. The summed E-state index contributed by atoms with van der Waals surface area (Å²) in [7, 11) is 1.47. The van der Waals surface area contributed by atoms with Gasteiger partial charge < -0.3 is 10.2 Å². The molecule has 2 fully saturated rings. The van der Waals surface area contributed by atoms with Crippen LogP contribution in [0.1, 0.15) is 23.2 Å². The molecule has 2 aliphatic rings. The Hall–Kier alpha value is -2.44. The third-order valence-electron chi connectivity index (χ3n) is 4.18. The zero-order valence-electron chi connectivity index (χ0n) is 11.7. The number of urea groups is 1. The number of hydrogen-bond acceptors (Lipinski definition) is 4. The van der Waals surface area contributed by atoms with E-state index in [4.69, 9.17) is 0 Å². The maximum absolute atomic E-state index is 12.3. The highest BCUT2D eigenvalue weighted by Gasteiger charge is 2.51. The van der Waals surface area contributed by atoms with Gasteiger partial charge in [-0.25, -0.2) is 4.79 Å². The van der Waals surface area contributed by atoms with Crippen molar-refractivity contribution in [2.45, 2.75) is 18.4 Å². The third kappa shape index (κ3) is 2.14. The van der Waals surface area contributed by atoms with Crippen LogP contribution in [0.4, 0.5) is 4.79 Å². The topological polar surface area (TPSA) is 82.6 Å². The van der Waals surface area contributed by atoms with Gasteiger partial charge in [0, 0.05) is 32.5 Å². The molecule has 0 atom stereocenters. The SMILES string of the molecule is CN1C(=O)NC2(CCN(C(=O)c3cccnc3)CC2)C1=O. The van der Waals surface area contributed by atoms with E-state index in [2.05, 4.69) is 10.3 Å². The first kappa shape index (κ1) is 13.5. The van der Waals surface area contributed by atoms with E-state index in [0.717, 1.165) is 4.90 Å². The van der Waals surface area contributed by atoms with Crippen LogP contribution in [0, 0.1) is 0 Å². The number of amides is 4. The zero-order valence-corrected chi connectivity index (χ0v) is 11.7.